The van der Waals surface area contributed by atoms with Gasteiger partial charge in [0, 0.05) is 31.3 Å². The monoisotopic (exact) mass is 498 g/mol. The van der Waals surface area contributed by atoms with Crippen LogP contribution in [-0.2, 0) is 19.1 Å². The van der Waals surface area contributed by atoms with Crippen molar-refractivity contribution >= 4 is 12.3 Å². The smallest absolute Gasteiger partial charge is 0.333 e. The number of rotatable bonds is 17. The number of carbonyl (C=O) groups excluding carboxylic acids is 2. The highest BCUT2D eigenvalue weighted by molar-refractivity contribution is 5.87. The molecule has 5 atom stereocenters. The molecule has 0 rings (SSSR count). The van der Waals surface area contributed by atoms with E-state index in [1.807, 2.05) is 0 Å². The van der Waals surface area contributed by atoms with Crippen LogP contribution in [0.1, 0.15) is 107 Å². The summed E-state index contributed by atoms with van der Waals surface area (Å²) >= 11 is 0. The van der Waals surface area contributed by atoms with Crippen LogP contribution in [-0.4, -0.2) is 43.8 Å². The minimum absolute atomic E-state index is 0.0766. The fourth-order valence-corrected chi connectivity index (χ4v) is 3.20. The first-order valence-electron chi connectivity index (χ1n) is 13.5. The molecule has 0 amide bonds. The first-order chi connectivity index (χ1) is 16.4. The first kappa shape index (κ1) is 38.1. The van der Waals surface area contributed by atoms with Crippen molar-refractivity contribution in [3.8, 4) is 0 Å². The summed E-state index contributed by atoms with van der Waals surface area (Å²) in [6, 6.07) is 0. The summed E-state index contributed by atoms with van der Waals surface area (Å²) in [4.78, 5) is 21.3. The number of carbonyl (C=O) groups is 2. The quantitative estimate of drug-likeness (QED) is 0.127. The van der Waals surface area contributed by atoms with Crippen molar-refractivity contribution in [3.05, 3.63) is 24.3 Å². The van der Waals surface area contributed by atoms with Crippen LogP contribution >= 0.6 is 0 Å². The number of aliphatic hydroxyl groups is 1. The molecule has 5 heteroatoms. The summed E-state index contributed by atoms with van der Waals surface area (Å²) < 4.78 is 10.8. The standard InChI is InChI=1S/C23H44O3.C4H6O2.C3H8/c1-9-18(4)10-12-20(6)21(7)13-11-19(5)16-22(14-15-25-8)26-23(24)17(2)3;1-4(2-5)3-6;1-3-2/h18-22H,2,9-16H2,1,3-8H3;2,6H,1,3H2;3H2,1-2H3. The van der Waals surface area contributed by atoms with Gasteiger partial charge < -0.3 is 14.6 Å². The average Bonchev–Trinajstić information content (AvgIpc) is 2.84. The summed E-state index contributed by atoms with van der Waals surface area (Å²) in [5.41, 5.74) is 0.679. The Kier molecular flexibility index (Phi) is 27.9. The number of aliphatic hydroxyl groups excluding tert-OH is 1. The third kappa shape index (κ3) is 25.4. The van der Waals surface area contributed by atoms with Crippen LogP contribution in [0, 0.1) is 23.7 Å². The van der Waals surface area contributed by atoms with Gasteiger partial charge in [-0.05, 0) is 37.0 Å². The Labute approximate surface area is 217 Å². The summed E-state index contributed by atoms with van der Waals surface area (Å²) in [6.45, 7) is 24.9. The predicted molar refractivity (Wildman–Crippen MR) is 149 cm³/mol. The molecule has 0 aliphatic rings. The maximum Gasteiger partial charge on any atom is 0.333 e. The van der Waals surface area contributed by atoms with Crippen LogP contribution in [0.4, 0.5) is 0 Å². The molecule has 0 aromatic carbocycles. The zero-order valence-electron chi connectivity index (χ0n) is 24.5. The zero-order valence-corrected chi connectivity index (χ0v) is 24.5. The van der Waals surface area contributed by atoms with Gasteiger partial charge in [0.15, 0.2) is 0 Å². The van der Waals surface area contributed by atoms with Crippen molar-refractivity contribution in [2.75, 3.05) is 20.3 Å². The highest BCUT2D eigenvalue weighted by Crippen LogP contribution is 2.27. The van der Waals surface area contributed by atoms with Gasteiger partial charge in [-0.2, -0.15) is 0 Å². The Balaban J connectivity index is -0.000000964. The van der Waals surface area contributed by atoms with E-state index in [9.17, 15) is 9.59 Å². The molecule has 0 bridgehead atoms. The third-order valence-electron chi connectivity index (χ3n) is 6.20. The number of aldehydes is 1. The van der Waals surface area contributed by atoms with Crippen molar-refractivity contribution in [2.45, 2.75) is 113 Å². The molecule has 0 saturated heterocycles. The number of hydrogen-bond donors (Lipinski definition) is 1. The Bertz CT molecular complexity index is 543. The van der Waals surface area contributed by atoms with E-state index in [2.05, 4.69) is 61.6 Å². The Morgan fingerprint density at radius 1 is 0.914 bits per heavy atom. The molecule has 5 nitrogen and oxygen atoms in total. The molecule has 0 aromatic heterocycles. The number of hydrogen-bond acceptors (Lipinski definition) is 5. The lowest BCUT2D eigenvalue weighted by Crippen LogP contribution is -2.23. The molecule has 0 heterocycles. The van der Waals surface area contributed by atoms with Gasteiger partial charge in [-0.3, -0.25) is 4.79 Å². The third-order valence-corrected chi connectivity index (χ3v) is 6.20. The van der Waals surface area contributed by atoms with Gasteiger partial charge in [-0.15, -0.1) is 0 Å². The second-order valence-electron chi connectivity index (χ2n) is 10.2. The second kappa shape index (κ2) is 25.6. The Hall–Kier alpha value is -1.46. The number of methoxy groups -OCH3 is 1. The average molecular weight is 499 g/mol. The van der Waals surface area contributed by atoms with E-state index in [-0.39, 0.29) is 24.3 Å². The predicted octanol–water partition coefficient (Wildman–Crippen LogP) is 7.57. The van der Waals surface area contributed by atoms with E-state index >= 15 is 0 Å². The second-order valence-corrected chi connectivity index (χ2v) is 10.2. The maximum atomic E-state index is 11.8. The first-order valence-corrected chi connectivity index (χ1v) is 13.5. The van der Waals surface area contributed by atoms with Crippen LogP contribution < -0.4 is 0 Å². The van der Waals surface area contributed by atoms with E-state index < -0.39 is 0 Å². The van der Waals surface area contributed by atoms with Crippen molar-refractivity contribution < 1.29 is 24.2 Å². The fraction of sp³-hybridized carbons (Fsp3) is 0.800. The van der Waals surface area contributed by atoms with Crippen LogP contribution in [0.15, 0.2) is 24.3 Å². The SMILES string of the molecule is C=C(C)C(=O)OC(CCOC)CC(C)CCC(C)C(C)CCC(C)CC.C=C(C=O)CO.CCC. The normalized spacial score (nSPS) is 14.6. The molecule has 0 radical (unpaired) electrons. The zero-order chi connectivity index (χ0) is 27.8. The molecular formula is C30H58O5. The lowest BCUT2D eigenvalue weighted by Gasteiger charge is -2.25. The van der Waals surface area contributed by atoms with Gasteiger partial charge >= 0.3 is 5.97 Å². The van der Waals surface area contributed by atoms with Crippen LogP contribution in [0.2, 0.25) is 0 Å². The van der Waals surface area contributed by atoms with Crippen molar-refractivity contribution in [1.29, 1.82) is 0 Å². The van der Waals surface area contributed by atoms with E-state index in [0.717, 1.165) is 30.6 Å². The summed E-state index contributed by atoms with van der Waals surface area (Å²) in [5, 5.41) is 8.00. The minimum Gasteiger partial charge on any atom is -0.459 e. The largest absolute Gasteiger partial charge is 0.459 e. The number of ether oxygens (including phenoxy) is 2. The van der Waals surface area contributed by atoms with Crippen LogP contribution in [0.3, 0.4) is 0 Å². The summed E-state index contributed by atoms with van der Waals surface area (Å²) in [5.74, 6) is 2.62. The van der Waals surface area contributed by atoms with E-state index in [1.165, 1.54) is 38.5 Å². The molecular weight excluding hydrogens is 440 g/mol. The van der Waals surface area contributed by atoms with Crippen molar-refractivity contribution in [1.82, 2.24) is 0 Å². The minimum atomic E-state index is -0.287. The van der Waals surface area contributed by atoms with Gasteiger partial charge in [-0.25, -0.2) is 4.79 Å². The topological polar surface area (TPSA) is 72.8 Å². The van der Waals surface area contributed by atoms with Crippen molar-refractivity contribution in [2.24, 2.45) is 23.7 Å². The lowest BCUT2D eigenvalue weighted by molar-refractivity contribution is -0.145. The van der Waals surface area contributed by atoms with Crippen LogP contribution in [0.25, 0.3) is 0 Å². The number of esters is 1. The molecule has 0 spiro atoms. The molecule has 0 saturated carbocycles. The Morgan fingerprint density at radius 3 is 1.74 bits per heavy atom. The van der Waals surface area contributed by atoms with Gasteiger partial charge in [0.2, 0.25) is 0 Å². The highest BCUT2D eigenvalue weighted by Gasteiger charge is 2.20. The van der Waals surface area contributed by atoms with Gasteiger partial charge in [-0.1, -0.05) is 100 Å². The van der Waals surface area contributed by atoms with E-state index in [0.29, 0.717) is 24.4 Å². The molecule has 35 heavy (non-hydrogen) atoms. The maximum absolute atomic E-state index is 11.8. The molecule has 0 aliphatic carbocycles. The lowest BCUT2D eigenvalue weighted by atomic mass is 9.83. The van der Waals surface area contributed by atoms with E-state index in [4.69, 9.17) is 14.6 Å². The van der Waals surface area contributed by atoms with Gasteiger partial charge in [0.1, 0.15) is 12.4 Å². The molecule has 5 unspecified atom stereocenters. The summed E-state index contributed by atoms with van der Waals surface area (Å²) in [6.07, 6.45) is 9.73. The highest BCUT2D eigenvalue weighted by atomic mass is 16.5. The fourth-order valence-electron chi connectivity index (χ4n) is 3.20. The molecule has 0 aliphatic heterocycles. The molecule has 0 fully saturated rings. The van der Waals surface area contributed by atoms with Gasteiger partial charge in [0.25, 0.3) is 0 Å². The molecule has 1 N–H and O–H groups in total. The van der Waals surface area contributed by atoms with E-state index in [1.54, 1.807) is 14.0 Å². The van der Waals surface area contributed by atoms with Gasteiger partial charge in [0.05, 0.1) is 6.61 Å². The Morgan fingerprint density at radius 2 is 1.40 bits per heavy atom. The van der Waals surface area contributed by atoms with Crippen LogP contribution in [0.5, 0.6) is 0 Å². The van der Waals surface area contributed by atoms with Crippen molar-refractivity contribution in [3.63, 3.8) is 0 Å². The summed E-state index contributed by atoms with van der Waals surface area (Å²) in [7, 11) is 1.68. The molecule has 0 aromatic rings. The molecule has 208 valence electrons.